The van der Waals surface area contributed by atoms with Crippen LogP contribution < -0.4 is 14.4 Å². The first-order valence-electron chi connectivity index (χ1n) is 16.1. The van der Waals surface area contributed by atoms with Gasteiger partial charge in [-0.25, -0.2) is 0 Å². The van der Waals surface area contributed by atoms with Crippen LogP contribution in [0.2, 0.25) is 0 Å². The number of hydrogen-bond donors (Lipinski definition) is 2. The van der Waals surface area contributed by atoms with Crippen LogP contribution in [-0.4, -0.2) is 57.0 Å². The zero-order valence-electron chi connectivity index (χ0n) is 28.2. The first-order valence-corrected chi connectivity index (χ1v) is 17.4. The van der Waals surface area contributed by atoms with Crippen LogP contribution >= 0.6 is 11.8 Å². The van der Waals surface area contributed by atoms with E-state index in [4.69, 9.17) is 14.2 Å². The van der Waals surface area contributed by atoms with E-state index < -0.39 is 5.60 Å². The van der Waals surface area contributed by atoms with Crippen LogP contribution in [0.1, 0.15) is 52.5 Å². The van der Waals surface area contributed by atoms with Crippen LogP contribution in [0, 0.1) is 10.8 Å². The number of thioether (sulfide) groups is 1. The fourth-order valence-corrected chi connectivity index (χ4v) is 8.84. The molecule has 0 unspecified atom stereocenters. The zero-order valence-corrected chi connectivity index (χ0v) is 29.0. The molecule has 0 aromatic heterocycles. The SMILES string of the molecule is COc1ccc(-c2cc3c(O)cc(C4(O)CC(C)(C)CC(C)(C)C4)c(-c4ccc(SC)cc4)c3cc2N2CCOCC2)c(OC)c1. The highest BCUT2D eigenvalue weighted by Crippen LogP contribution is 2.57. The Morgan fingerprint density at radius 3 is 2.07 bits per heavy atom. The molecular weight excluding hydrogens is 594 g/mol. The van der Waals surface area contributed by atoms with E-state index in [2.05, 4.69) is 75.2 Å². The first kappa shape index (κ1) is 32.5. The zero-order chi connectivity index (χ0) is 32.9. The van der Waals surface area contributed by atoms with Gasteiger partial charge in [0.1, 0.15) is 17.2 Å². The molecule has 2 N–H and O–H groups in total. The minimum atomic E-state index is -1.12. The fraction of sp³-hybridized carbons (Fsp3) is 0.436. The number of hydrogen-bond acceptors (Lipinski definition) is 7. The first-order chi connectivity index (χ1) is 21.9. The number of methoxy groups -OCH3 is 2. The van der Waals surface area contributed by atoms with Crippen molar-refractivity contribution in [2.75, 3.05) is 51.7 Å². The number of morpholine rings is 1. The van der Waals surface area contributed by atoms with Crippen molar-refractivity contribution in [3.63, 3.8) is 0 Å². The molecule has 0 bridgehead atoms. The molecular formula is C39H47NO5S. The summed E-state index contributed by atoms with van der Waals surface area (Å²) in [6, 6.07) is 20.6. The number of aliphatic hydroxyl groups is 1. The number of aromatic hydroxyl groups is 1. The highest BCUT2D eigenvalue weighted by molar-refractivity contribution is 7.98. The Balaban J connectivity index is 1.69. The number of nitrogens with zero attached hydrogens (tertiary/aromatic N) is 1. The fourth-order valence-electron chi connectivity index (χ4n) is 8.43. The Hall–Kier alpha value is -3.39. The average molecular weight is 642 g/mol. The smallest absolute Gasteiger partial charge is 0.130 e. The third-order valence-electron chi connectivity index (χ3n) is 9.66. The molecule has 4 aromatic rings. The molecule has 46 heavy (non-hydrogen) atoms. The molecule has 0 amide bonds. The number of benzene rings is 4. The molecule has 1 aliphatic carbocycles. The maximum Gasteiger partial charge on any atom is 0.130 e. The van der Waals surface area contributed by atoms with Crippen LogP contribution in [-0.2, 0) is 10.3 Å². The minimum absolute atomic E-state index is 0.0746. The van der Waals surface area contributed by atoms with E-state index in [1.807, 2.05) is 24.3 Å². The second kappa shape index (κ2) is 12.3. The lowest BCUT2D eigenvalue weighted by atomic mass is 9.57. The van der Waals surface area contributed by atoms with Crippen LogP contribution in [0.25, 0.3) is 33.0 Å². The van der Waals surface area contributed by atoms with Gasteiger partial charge in [0.25, 0.3) is 0 Å². The number of fused-ring (bicyclic) bond motifs is 1. The van der Waals surface area contributed by atoms with Gasteiger partial charge in [-0.15, -0.1) is 11.8 Å². The van der Waals surface area contributed by atoms with Gasteiger partial charge in [-0.3, -0.25) is 0 Å². The molecule has 6 nitrogen and oxygen atoms in total. The lowest BCUT2D eigenvalue weighted by Crippen LogP contribution is -2.44. The van der Waals surface area contributed by atoms with Crippen molar-refractivity contribution in [2.24, 2.45) is 10.8 Å². The third-order valence-corrected chi connectivity index (χ3v) is 10.4. The number of rotatable bonds is 7. The molecule has 0 spiro atoms. The van der Waals surface area contributed by atoms with Crippen molar-refractivity contribution in [1.29, 1.82) is 0 Å². The standard InChI is InChI=1S/C39H47NO5S/c1-37(2)22-38(3,4)24-39(42,23-37)32-21-34(41)30-19-29(28-13-10-26(43-5)18-35(28)44-6)33(40-14-16-45-17-15-40)20-31(30)36(32)25-8-11-27(46-7)12-9-25/h8-13,18-21,41-42H,14-17,22-24H2,1-7H3. The Morgan fingerprint density at radius 1 is 0.783 bits per heavy atom. The molecule has 1 saturated heterocycles. The monoisotopic (exact) mass is 641 g/mol. The van der Waals surface area contributed by atoms with E-state index in [0.717, 1.165) is 63.8 Å². The summed E-state index contributed by atoms with van der Waals surface area (Å²) >= 11 is 1.71. The van der Waals surface area contributed by atoms with Crippen molar-refractivity contribution < 1.29 is 24.4 Å². The van der Waals surface area contributed by atoms with Gasteiger partial charge in [0.05, 0.1) is 33.0 Å². The molecule has 6 rings (SSSR count). The van der Waals surface area contributed by atoms with Crippen molar-refractivity contribution >= 4 is 28.2 Å². The summed E-state index contributed by atoms with van der Waals surface area (Å²) in [4.78, 5) is 3.53. The van der Waals surface area contributed by atoms with Crippen LogP contribution in [0.15, 0.2) is 65.6 Å². The number of ether oxygens (including phenoxy) is 3. The average Bonchev–Trinajstić information content (AvgIpc) is 3.02. The Kier molecular flexibility index (Phi) is 8.72. The molecule has 1 saturated carbocycles. The second-order valence-corrected chi connectivity index (χ2v) is 15.4. The normalized spacial score (nSPS) is 18.8. The van der Waals surface area contributed by atoms with Crippen molar-refractivity contribution in [3.05, 3.63) is 66.2 Å². The number of phenolic OH excluding ortho intramolecular Hbond substituents is 1. The molecule has 7 heteroatoms. The van der Waals surface area contributed by atoms with E-state index in [1.165, 1.54) is 4.90 Å². The number of phenols is 1. The lowest BCUT2D eigenvalue weighted by molar-refractivity contribution is -0.0909. The van der Waals surface area contributed by atoms with Gasteiger partial charge in [0, 0.05) is 46.3 Å². The summed E-state index contributed by atoms with van der Waals surface area (Å²) in [5, 5.41) is 26.3. The van der Waals surface area contributed by atoms with Gasteiger partial charge in [-0.05, 0) is 101 Å². The summed E-state index contributed by atoms with van der Waals surface area (Å²) in [6.07, 6.45) is 4.33. The lowest BCUT2D eigenvalue weighted by Gasteiger charge is -2.50. The van der Waals surface area contributed by atoms with E-state index in [9.17, 15) is 10.2 Å². The molecule has 4 aromatic carbocycles. The van der Waals surface area contributed by atoms with Crippen molar-refractivity contribution in [3.8, 4) is 39.5 Å². The summed E-state index contributed by atoms with van der Waals surface area (Å²) in [6.45, 7) is 11.7. The third kappa shape index (κ3) is 6.17. The van der Waals surface area contributed by atoms with Gasteiger partial charge >= 0.3 is 0 Å². The predicted molar refractivity (Wildman–Crippen MR) is 190 cm³/mol. The minimum Gasteiger partial charge on any atom is -0.507 e. The van der Waals surface area contributed by atoms with Crippen LogP contribution in [0.3, 0.4) is 0 Å². The topological polar surface area (TPSA) is 71.4 Å². The Labute approximate surface area is 277 Å². The van der Waals surface area contributed by atoms with Crippen LogP contribution in [0.5, 0.6) is 17.2 Å². The van der Waals surface area contributed by atoms with Gasteiger partial charge in [-0.2, -0.15) is 0 Å². The highest BCUT2D eigenvalue weighted by atomic mass is 32.2. The van der Waals surface area contributed by atoms with E-state index in [1.54, 1.807) is 26.0 Å². The van der Waals surface area contributed by atoms with Crippen LogP contribution in [0.4, 0.5) is 5.69 Å². The van der Waals surface area contributed by atoms with E-state index in [0.29, 0.717) is 37.6 Å². The number of anilines is 1. The van der Waals surface area contributed by atoms with Gasteiger partial charge in [0.15, 0.2) is 0 Å². The summed E-state index contributed by atoms with van der Waals surface area (Å²) < 4.78 is 17.1. The van der Waals surface area contributed by atoms with E-state index in [-0.39, 0.29) is 16.6 Å². The summed E-state index contributed by atoms with van der Waals surface area (Å²) in [5.74, 6) is 1.56. The van der Waals surface area contributed by atoms with Gasteiger partial charge < -0.3 is 29.3 Å². The molecule has 244 valence electrons. The maximum absolute atomic E-state index is 12.7. The summed E-state index contributed by atoms with van der Waals surface area (Å²) in [7, 11) is 3.32. The molecule has 2 fully saturated rings. The Bertz CT molecular complexity index is 1720. The van der Waals surface area contributed by atoms with Crippen molar-refractivity contribution in [2.45, 2.75) is 57.5 Å². The largest absolute Gasteiger partial charge is 0.507 e. The molecule has 1 aliphatic heterocycles. The Morgan fingerprint density at radius 2 is 1.46 bits per heavy atom. The van der Waals surface area contributed by atoms with Gasteiger partial charge in [0.2, 0.25) is 0 Å². The highest BCUT2D eigenvalue weighted by Gasteiger charge is 2.48. The van der Waals surface area contributed by atoms with E-state index >= 15 is 0 Å². The molecule has 0 radical (unpaired) electrons. The second-order valence-electron chi connectivity index (χ2n) is 14.5. The molecule has 2 aliphatic rings. The van der Waals surface area contributed by atoms with Crippen molar-refractivity contribution in [1.82, 2.24) is 0 Å². The van der Waals surface area contributed by atoms with Gasteiger partial charge in [-0.1, -0.05) is 39.8 Å². The summed E-state index contributed by atoms with van der Waals surface area (Å²) in [5.41, 5.74) is 4.42. The quantitative estimate of drug-likeness (QED) is 0.195. The molecule has 0 atom stereocenters. The maximum atomic E-state index is 12.7. The predicted octanol–water partition coefficient (Wildman–Crippen LogP) is 8.88. The molecule has 1 heterocycles.